The van der Waals surface area contributed by atoms with E-state index in [1.807, 2.05) is 6.07 Å². The summed E-state index contributed by atoms with van der Waals surface area (Å²) < 4.78 is 34.1. The normalized spacial score (nSPS) is 14.3. The van der Waals surface area contributed by atoms with Gasteiger partial charge in [-0.15, -0.1) is 0 Å². The fraction of sp³-hybridized carbons (Fsp3) is 0.333. The molecule has 1 atom stereocenters. The Balaban J connectivity index is 1.71. The van der Waals surface area contributed by atoms with Gasteiger partial charge in [0.1, 0.15) is 18.3 Å². The van der Waals surface area contributed by atoms with Crippen molar-refractivity contribution in [3.63, 3.8) is 0 Å². The van der Waals surface area contributed by atoms with Gasteiger partial charge in [-0.05, 0) is 67.8 Å². The van der Waals surface area contributed by atoms with E-state index in [1.165, 1.54) is 35.2 Å². The van der Waals surface area contributed by atoms with Crippen molar-refractivity contribution >= 4 is 50.7 Å². The predicted molar refractivity (Wildman–Crippen MR) is 161 cm³/mol. The first-order valence-electron chi connectivity index (χ1n) is 13.4. The summed E-state index contributed by atoms with van der Waals surface area (Å²) in [5.41, 5.74) is 0.775. The van der Waals surface area contributed by atoms with E-state index in [1.54, 1.807) is 50.4 Å². The van der Waals surface area contributed by atoms with E-state index in [0.717, 1.165) is 35.6 Å². The zero-order valence-electron chi connectivity index (χ0n) is 22.9. The van der Waals surface area contributed by atoms with Crippen LogP contribution >= 0.6 is 23.2 Å². The van der Waals surface area contributed by atoms with Gasteiger partial charge in [-0.2, -0.15) is 0 Å². The standard InChI is InChI=1S/C30H33Cl2N3O5S/c1-21(30(37)33-24-10-6-7-11-24)34(19-22-9-8-12-25(17-22)40-2)29(36)20-35(28-18-23(31)15-16-27(28)32)41(38,39)26-13-4-3-5-14-26/h3-5,8-9,12-18,21,24H,6-7,10-11,19-20H2,1-2H3,(H,33,37)/t21-/m0/s1. The Labute approximate surface area is 251 Å². The molecular weight excluding hydrogens is 585 g/mol. The Morgan fingerprint density at radius 2 is 1.71 bits per heavy atom. The Morgan fingerprint density at radius 3 is 2.39 bits per heavy atom. The lowest BCUT2D eigenvalue weighted by Crippen LogP contribution is -2.52. The minimum Gasteiger partial charge on any atom is -0.497 e. The summed E-state index contributed by atoms with van der Waals surface area (Å²) in [6.45, 7) is 1.09. The molecule has 0 heterocycles. The molecular formula is C30H33Cl2N3O5S. The SMILES string of the molecule is COc1cccc(CN(C(=O)CN(c2cc(Cl)ccc2Cl)S(=O)(=O)c2ccccc2)[C@@H](C)C(=O)NC2CCCC2)c1. The summed E-state index contributed by atoms with van der Waals surface area (Å²) in [7, 11) is -2.71. The Hall–Kier alpha value is -3.27. The maximum atomic E-state index is 14.1. The molecule has 1 fully saturated rings. The fourth-order valence-electron chi connectivity index (χ4n) is 4.85. The lowest BCUT2D eigenvalue weighted by Gasteiger charge is -2.32. The number of nitrogens with one attached hydrogen (secondary N) is 1. The highest BCUT2D eigenvalue weighted by Crippen LogP contribution is 2.33. The molecule has 0 saturated heterocycles. The predicted octanol–water partition coefficient (Wildman–Crippen LogP) is 5.67. The van der Waals surface area contributed by atoms with Crippen molar-refractivity contribution < 1.29 is 22.7 Å². The number of amides is 2. The Kier molecular flexibility index (Phi) is 10.2. The monoisotopic (exact) mass is 617 g/mol. The number of hydrogen-bond donors (Lipinski definition) is 1. The third-order valence-electron chi connectivity index (χ3n) is 7.14. The zero-order chi connectivity index (χ0) is 29.6. The van der Waals surface area contributed by atoms with Crippen molar-refractivity contribution in [1.82, 2.24) is 10.2 Å². The molecule has 0 unspecified atom stereocenters. The molecule has 0 aromatic heterocycles. The lowest BCUT2D eigenvalue weighted by molar-refractivity contribution is -0.139. The third-order valence-corrected chi connectivity index (χ3v) is 9.47. The lowest BCUT2D eigenvalue weighted by atomic mass is 10.1. The average molecular weight is 619 g/mol. The summed E-state index contributed by atoms with van der Waals surface area (Å²) in [4.78, 5) is 28.8. The van der Waals surface area contributed by atoms with E-state index < -0.39 is 28.5 Å². The highest BCUT2D eigenvalue weighted by atomic mass is 35.5. The number of carbonyl (C=O) groups is 2. The number of methoxy groups -OCH3 is 1. The summed E-state index contributed by atoms with van der Waals surface area (Å²) >= 11 is 12.7. The van der Waals surface area contributed by atoms with Crippen molar-refractivity contribution in [3.8, 4) is 5.75 Å². The van der Waals surface area contributed by atoms with Crippen LogP contribution in [0.1, 0.15) is 38.2 Å². The first-order valence-corrected chi connectivity index (χ1v) is 15.6. The number of carbonyl (C=O) groups excluding carboxylic acids is 2. The Bertz CT molecular complexity index is 1480. The van der Waals surface area contributed by atoms with Crippen molar-refractivity contribution in [1.29, 1.82) is 0 Å². The fourth-order valence-corrected chi connectivity index (χ4v) is 6.73. The van der Waals surface area contributed by atoms with Crippen LogP contribution in [0.5, 0.6) is 5.75 Å². The number of benzene rings is 3. The van der Waals surface area contributed by atoms with Gasteiger partial charge in [0.2, 0.25) is 11.8 Å². The summed E-state index contributed by atoms with van der Waals surface area (Å²) in [6, 6.07) is 18.5. The van der Waals surface area contributed by atoms with Gasteiger partial charge in [-0.1, -0.05) is 66.4 Å². The molecule has 1 aliphatic carbocycles. The van der Waals surface area contributed by atoms with Crippen molar-refractivity contribution in [3.05, 3.63) is 88.4 Å². The molecule has 1 aliphatic rings. The molecule has 2 amide bonds. The number of rotatable bonds is 11. The van der Waals surface area contributed by atoms with Gasteiger partial charge in [0.25, 0.3) is 10.0 Å². The number of nitrogens with zero attached hydrogens (tertiary/aromatic N) is 2. The second-order valence-electron chi connectivity index (χ2n) is 9.96. The van der Waals surface area contributed by atoms with Crippen LogP contribution in [-0.4, -0.2) is 50.9 Å². The first kappa shape index (κ1) is 30.7. The highest BCUT2D eigenvalue weighted by molar-refractivity contribution is 7.92. The minimum absolute atomic E-state index is 0.0183. The second kappa shape index (κ2) is 13.6. The number of anilines is 1. The van der Waals surface area contributed by atoms with Crippen LogP contribution in [0.15, 0.2) is 77.7 Å². The van der Waals surface area contributed by atoms with E-state index in [9.17, 15) is 18.0 Å². The second-order valence-corrected chi connectivity index (χ2v) is 12.7. The van der Waals surface area contributed by atoms with Crippen LogP contribution < -0.4 is 14.4 Å². The molecule has 41 heavy (non-hydrogen) atoms. The molecule has 0 aliphatic heterocycles. The van der Waals surface area contributed by atoms with E-state index in [2.05, 4.69) is 5.32 Å². The van der Waals surface area contributed by atoms with E-state index >= 15 is 0 Å². The van der Waals surface area contributed by atoms with Crippen molar-refractivity contribution in [2.45, 2.75) is 56.1 Å². The molecule has 1 saturated carbocycles. The molecule has 0 bridgehead atoms. The van der Waals surface area contributed by atoms with E-state index in [4.69, 9.17) is 27.9 Å². The van der Waals surface area contributed by atoms with Crippen LogP contribution in [0.25, 0.3) is 0 Å². The van der Waals surface area contributed by atoms with Crippen LogP contribution in [-0.2, 0) is 26.2 Å². The molecule has 4 rings (SSSR count). The van der Waals surface area contributed by atoms with Gasteiger partial charge < -0.3 is 15.0 Å². The number of ether oxygens (including phenoxy) is 1. The van der Waals surface area contributed by atoms with Crippen LogP contribution in [0.3, 0.4) is 0 Å². The van der Waals surface area contributed by atoms with Crippen LogP contribution in [0.4, 0.5) is 5.69 Å². The van der Waals surface area contributed by atoms with Gasteiger partial charge in [-0.3, -0.25) is 13.9 Å². The molecule has 3 aromatic rings. The highest BCUT2D eigenvalue weighted by Gasteiger charge is 2.34. The maximum absolute atomic E-state index is 14.1. The zero-order valence-corrected chi connectivity index (χ0v) is 25.3. The topological polar surface area (TPSA) is 96.0 Å². The quantitative estimate of drug-likeness (QED) is 0.299. The summed E-state index contributed by atoms with van der Waals surface area (Å²) in [5, 5.41) is 3.41. The molecule has 0 radical (unpaired) electrons. The Morgan fingerprint density at radius 1 is 1.00 bits per heavy atom. The number of hydrogen-bond acceptors (Lipinski definition) is 5. The maximum Gasteiger partial charge on any atom is 0.264 e. The largest absolute Gasteiger partial charge is 0.497 e. The van der Waals surface area contributed by atoms with Gasteiger partial charge in [0, 0.05) is 17.6 Å². The molecule has 218 valence electrons. The smallest absolute Gasteiger partial charge is 0.264 e. The van der Waals surface area contributed by atoms with E-state index in [0.29, 0.717) is 5.75 Å². The van der Waals surface area contributed by atoms with Gasteiger partial charge >= 0.3 is 0 Å². The minimum atomic E-state index is -4.25. The first-order chi connectivity index (χ1) is 19.6. The number of halogens is 2. The van der Waals surface area contributed by atoms with Crippen molar-refractivity contribution in [2.75, 3.05) is 18.0 Å². The summed E-state index contributed by atoms with van der Waals surface area (Å²) in [5.74, 6) is -0.291. The van der Waals surface area contributed by atoms with Crippen LogP contribution in [0, 0.1) is 0 Å². The molecule has 11 heteroatoms. The average Bonchev–Trinajstić information content (AvgIpc) is 3.49. The summed E-state index contributed by atoms with van der Waals surface area (Å²) in [6.07, 6.45) is 3.86. The van der Waals surface area contributed by atoms with Crippen LogP contribution in [0.2, 0.25) is 10.0 Å². The van der Waals surface area contributed by atoms with Gasteiger partial charge in [0.05, 0.1) is 22.7 Å². The van der Waals surface area contributed by atoms with Gasteiger partial charge in [0.15, 0.2) is 0 Å². The van der Waals surface area contributed by atoms with E-state index in [-0.39, 0.29) is 39.1 Å². The molecule has 8 nitrogen and oxygen atoms in total. The molecule has 3 aromatic carbocycles. The number of sulfonamides is 1. The third kappa shape index (κ3) is 7.52. The molecule has 0 spiro atoms. The van der Waals surface area contributed by atoms with Gasteiger partial charge in [-0.25, -0.2) is 8.42 Å². The van der Waals surface area contributed by atoms with Crippen molar-refractivity contribution in [2.24, 2.45) is 0 Å². The molecule has 1 N–H and O–H groups in total.